The lowest BCUT2D eigenvalue weighted by Crippen LogP contribution is -2.48. The Bertz CT molecular complexity index is 1240. The van der Waals surface area contributed by atoms with Gasteiger partial charge in [-0.3, -0.25) is 24.0 Å². The Morgan fingerprint density at radius 2 is 1.94 bits per heavy atom. The lowest BCUT2D eigenvalue weighted by Gasteiger charge is -2.34. The number of aromatic amines is 1. The molecular formula is C22H28N6O3. The van der Waals surface area contributed by atoms with Crippen LogP contribution in [0.2, 0.25) is 0 Å². The third-order valence-corrected chi connectivity index (χ3v) is 6.03. The summed E-state index contributed by atoms with van der Waals surface area (Å²) in [6.07, 6.45) is 2.27. The molecule has 31 heavy (non-hydrogen) atoms. The fourth-order valence-electron chi connectivity index (χ4n) is 4.41. The highest BCUT2D eigenvalue weighted by Gasteiger charge is 2.31. The molecule has 0 bridgehead atoms. The van der Waals surface area contributed by atoms with E-state index in [0.29, 0.717) is 49.6 Å². The molecule has 1 aromatic carbocycles. The molecule has 3 N–H and O–H groups in total. The van der Waals surface area contributed by atoms with Gasteiger partial charge in [-0.15, -0.1) is 0 Å². The van der Waals surface area contributed by atoms with Gasteiger partial charge in [0.25, 0.3) is 5.56 Å². The molecule has 3 heterocycles. The minimum absolute atomic E-state index is 0.353. The SMILES string of the molecule is CCCCn1c(=O)[nH]c(=O)c2c1nc(CN1Cc3ccccc3C[C@H]1C(N)=O)n2CC. The largest absolute Gasteiger partial charge is 0.368 e. The van der Waals surface area contributed by atoms with E-state index in [1.165, 1.54) is 4.57 Å². The number of nitrogens with zero attached hydrogens (tertiary/aromatic N) is 4. The zero-order valence-corrected chi connectivity index (χ0v) is 17.9. The molecule has 1 amide bonds. The molecule has 0 saturated heterocycles. The number of fused-ring (bicyclic) bond motifs is 2. The number of nitrogens with one attached hydrogen (secondary N) is 1. The molecule has 0 saturated carbocycles. The molecule has 0 fully saturated rings. The second-order valence-electron chi connectivity index (χ2n) is 8.00. The Labute approximate surface area is 179 Å². The highest BCUT2D eigenvalue weighted by atomic mass is 16.2. The van der Waals surface area contributed by atoms with Crippen LogP contribution in [-0.2, 0) is 37.4 Å². The first kappa shape index (κ1) is 21.0. The van der Waals surface area contributed by atoms with E-state index in [9.17, 15) is 14.4 Å². The maximum absolute atomic E-state index is 12.6. The second-order valence-corrected chi connectivity index (χ2v) is 8.00. The van der Waals surface area contributed by atoms with Crippen molar-refractivity contribution in [1.29, 1.82) is 0 Å². The summed E-state index contributed by atoms with van der Waals surface area (Å²) < 4.78 is 3.36. The normalized spacial score (nSPS) is 16.5. The summed E-state index contributed by atoms with van der Waals surface area (Å²) >= 11 is 0. The monoisotopic (exact) mass is 424 g/mol. The first-order valence-electron chi connectivity index (χ1n) is 10.8. The predicted octanol–water partition coefficient (Wildman–Crippen LogP) is 1.12. The summed E-state index contributed by atoms with van der Waals surface area (Å²) in [5, 5.41) is 0. The number of rotatable bonds is 7. The van der Waals surface area contributed by atoms with Gasteiger partial charge < -0.3 is 10.3 Å². The van der Waals surface area contributed by atoms with E-state index < -0.39 is 17.3 Å². The van der Waals surface area contributed by atoms with E-state index in [-0.39, 0.29) is 5.91 Å². The lowest BCUT2D eigenvalue weighted by atomic mass is 9.93. The van der Waals surface area contributed by atoms with Crippen LogP contribution in [0.4, 0.5) is 0 Å². The smallest absolute Gasteiger partial charge is 0.330 e. The van der Waals surface area contributed by atoms with Crippen molar-refractivity contribution in [2.45, 2.75) is 65.3 Å². The van der Waals surface area contributed by atoms with Crippen molar-refractivity contribution in [1.82, 2.24) is 24.0 Å². The van der Waals surface area contributed by atoms with Gasteiger partial charge in [0.05, 0.1) is 12.6 Å². The van der Waals surface area contributed by atoms with Crippen LogP contribution < -0.4 is 17.0 Å². The molecule has 164 valence electrons. The Kier molecular flexibility index (Phi) is 5.77. The summed E-state index contributed by atoms with van der Waals surface area (Å²) in [5.41, 5.74) is 7.90. The van der Waals surface area contributed by atoms with E-state index in [1.54, 1.807) is 0 Å². The maximum Gasteiger partial charge on any atom is 0.330 e. The van der Waals surface area contributed by atoms with Crippen molar-refractivity contribution in [2.24, 2.45) is 5.73 Å². The number of aromatic nitrogens is 4. The zero-order valence-electron chi connectivity index (χ0n) is 17.9. The van der Waals surface area contributed by atoms with E-state index in [4.69, 9.17) is 10.7 Å². The van der Waals surface area contributed by atoms with Crippen molar-refractivity contribution < 1.29 is 4.79 Å². The van der Waals surface area contributed by atoms with Gasteiger partial charge in [-0.25, -0.2) is 9.78 Å². The third kappa shape index (κ3) is 3.81. The van der Waals surface area contributed by atoms with Crippen molar-refractivity contribution in [2.75, 3.05) is 0 Å². The summed E-state index contributed by atoms with van der Waals surface area (Å²) in [5.74, 6) is 0.260. The van der Waals surface area contributed by atoms with E-state index >= 15 is 0 Å². The topological polar surface area (TPSA) is 119 Å². The van der Waals surface area contributed by atoms with Crippen LogP contribution in [0.5, 0.6) is 0 Å². The molecule has 1 atom stereocenters. The summed E-state index contributed by atoms with van der Waals surface area (Å²) in [7, 11) is 0. The Hall–Kier alpha value is -3.20. The maximum atomic E-state index is 12.6. The average Bonchev–Trinajstić information content (AvgIpc) is 3.11. The number of carbonyl (C=O) groups excluding carboxylic acids is 1. The highest BCUT2D eigenvalue weighted by Crippen LogP contribution is 2.25. The minimum atomic E-state index is -0.458. The van der Waals surface area contributed by atoms with Crippen molar-refractivity contribution in [3.05, 3.63) is 62.1 Å². The van der Waals surface area contributed by atoms with Gasteiger partial charge in [0.1, 0.15) is 5.82 Å². The molecule has 0 aliphatic carbocycles. The molecule has 4 rings (SSSR count). The van der Waals surface area contributed by atoms with E-state index in [0.717, 1.165) is 24.0 Å². The standard InChI is InChI=1S/C22H28N6O3/c1-3-5-10-28-20-18(21(30)25-22(28)31)27(4-2)17(24-20)13-26-12-15-9-7-6-8-14(15)11-16(26)19(23)29/h6-9,16H,3-5,10-13H2,1-2H3,(H2,23,29)(H,25,30,31)/t16-/m0/s1. The molecular weight excluding hydrogens is 396 g/mol. The number of carbonyl (C=O) groups is 1. The van der Waals surface area contributed by atoms with Crippen LogP contribution in [0.15, 0.2) is 33.9 Å². The molecule has 3 aromatic rings. The Morgan fingerprint density at radius 1 is 1.19 bits per heavy atom. The van der Waals surface area contributed by atoms with Crippen LogP contribution in [0.1, 0.15) is 43.6 Å². The summed E-state index contributed by atoms with van der Waals surface area (Å²) in [4.78, 5) is 46.4. The number of nitrogens with two attached hydrogens (primary N) is 1. The van der Waals surface area contributed by atoms with Gasteiger partial charge in [-0.1, -0.05) is 37.6 Å². The van der Waals surface area contributed by atoms with Gasteiger partial charge in [0, 0.05) is 19.6 Å². The zero-order chi connectivity index (χ0) is 22.1. The number of unbranched alkanes of at least 4 members (excludes halogenated alkanes) is 1. The predicted molar refractivity (Wildman–Crippen MR) is 118 cm³/mol. The van der Waals surface area contributed by atoms with Crippen molar-refractivity contribution >= 4 is 17.1 Å². The van der Waals surface area contributed by atoms with Crippen LogP contribution >= 0.6 is 0 Å². The van der Waals surface area contributed by atoms with Crippen LogP contribution in [0.25, 0.3) is 11.2 Å². The number of imidazole rings is 1. The lowest BCUT2D eigenvalue weighted by molar-refractivity contribution is -0.124. The quantitative estimate of drug-likeness (QED) is 0.589. The molecule has 0 spiro atoms. The van der Waals surface area contributed by atoms with Gasteiger partial charge >= 0.3 is 5.69 Å². The van der Waals surface area contributed by atoms with Crippen LogP contribution in [-0.4, -0.2) is 36.0 Å². The molecule has 1 aliphatic heterocycles. The highest BCUT2D eigenvalue weighted by molar-refractivity contribution is 5.80. The van der Waals surface area contributed by atoms with Crippen LogP contribution in [0, 0.1) is 0 Å². The van der Waals surface area contributed by atoms with E-state index in [2.05, 4.69) is 11.1 Å². The van der Waals surface area contributed by atoms with Crippen molar-refractivity contribution in [3.8, 4) is 0 Å². The molecule has 9 nitrogen and oxygen atoms in total. The number of hydrogen-bond donors (Lipinski definition) is 2. The molecule has 0 radical (unpaired) electrons. The number of primary amides is 1. The summed E-state index contributed by atoms with van der Waals surface area (Å²) in [6, 6.07) is 7.56. The molecule has 9 heteroatoms. The summed E-state index contributed by atoms with van der Waals surface area (Å²) in [6.45, 7) is 5.91. The van der Waals surface area contributed by atoms with Gasteiger partial charge in [-0.05, 0) is 30.9 Å². The first-order valence-corrected chi connectivity index (χ1v) is 10.8. The molecule has 2 aromatic heterocycles. The number of hydrogen-bond acceptors (Lipinski definition) is 5. The Morgan fingerprint density at radius 3 is 2.61 bits per heavy atom. The van der Waals surface area contributed by atoms with Gasteiger partial charge in [-0.2, -0.15) is 0 Å². The number of aryl methyl sites for hydroxylation is 2. The fourth-order valence-corrected chi connectivity index (χ4v) is 4.41. The number of amides is 1. The average molecular weight is 425 g/mol. The number of H-pyrrole nitrogens is 1. The van der Waals surface area contributed by atoms with Gasteiger partial charge in [0.2, 0.25) is 5.91 Å². The molecule has 1 aliphatic rings. The van der Waals surface area contributed by atoms with Crippen molar-refractivity contribution in [3.63, 3.8) is 0 Å². The Balaban J connectivity index is 1.79. The fraction of sp³-hybridized carbons (Fsp3) is 0.455. The first-order chi connectivity index (χ1) is 14.9. The molecule has 0 unspecified atom stereocenters. The minimum Gasteiger partial charge on any atom is -0.368 e. The van der Waals surface area contributed by atoms with Gasteiger partial charge in [0.15, 0.2) is 11.2 Å². The van der Waals surface area contributed by atoms with E-state index in [1.807, 2.05) is 41.5 Å². The second kappa shape index (κ2) is 8.50. The third-order valence-electron chi connectivity index (χ3n) is 6.03. The van der Waals surface area contributed by atoms with Crippen LogP contribution in [0.3, 0.4) is 0 Å². The number of benzene rings is 1.